The Kier molecular flexibility index (Phi) is 4.24. The van der Waals surface area contributed by atoms with Crippen LogP contribution in [0.5, 0.6) is 0 Å². The number of anilines is 2. The van der Waals surface area contributed by atoms with Gasteiger partial charge in [-0.3, -0.25) is 0 Å². The Labute approximate surface area is 116 Å². The molecule has 0 bridgehead atoms. The van der Waals surface area contributed by atoms with Crippen molar-refractivity contribution in [2.24, 2.45) is 0 Å². The van der Waals surface area contributed by atoms with Crippen LogP contribution in [0.3, 0.4) is 0 Å². The highest BCUT2D eigenvalue weighted by Crippen LogP contribution is 2.33. The van der Waals surface area contributed by atoms with Crippen LogP contribution in [-0.2, 0) is 11.2 Å². The molecule has 0 aliphatic heterocycles. The SMILES string of the molecule is O=CCc1ccccc1Nc1c(Cl)cccc1Cl. The van der Waals surface area contributed by atoms with Crippen molar-refractivity contribution in [2.45, 2.75) is 6.42 Å². The van der Waals surface area contributed by atoms with Crippen LogP contribution in [0.15, 0.2) is 42.5 Å². The lowest BCUT2D eigenvalue weighted by atomic mass is 10.1. The van der Waals surface area contributed by atoms with E-state index >= 15 is 0 Å². The summed E-state index contributed by atoms with van der Waals surface area (Å²) in [6.45, 7) is 0. The summed E-state index contributed by atoms with van der Waals surface area (Å²) in [5.74, 6) is 0. The minimum atomic E-state index is 0.352. The summed E-state index contributed by atoms with van der Waals surface area (Å²) in [5.41, 5.74) is 2.39. The number of carbonyl (C=O) groups is 1. The zero-order valence-electron chi connectivity index (χ0n) is 9.49. The lowest BCUT2D eigenvalue weighted by molar-refractivity contribution is -0.107. The number of carbonyl (C=O) groups excluding carboxylic acids is 1. The molecule has 92 valence electrons. The van der Waals surface area contributed by atoms with Gasteiger partial charge >= 0.3 is 0 Å². The predicted molar refractivity (Wildman–Crippen MR) is 76.0 cm³/mol. The topological polar surface area (TPSA) is 29.1 Å². The van der Waals surface area contributed by atoms with Gasteiger partial charge in [-0.1, -0.05) is 47.5 Å². The fraction of sp³-hybridized carbons (Fsp3) is 0.0714. The summed E-state index contributed by atoms with van der Waals surface area (Å²) in [6, 6.07) is 12.9. The van der Waals surface area contributed by atoms with Gasteiger partial charge in [-0.2, -0.15) is 0 Å². The molecule has 0 amide bonds. The molecule has 18 heavy (non-hydrogen) atoms. The fourth-order valence-corrected chi connectivity index (χ4v) is 2.15. The van der Waals surface area contributed by atoms with Crippen LogP contribution in [0.1, 0.15) is 5.56 Å². The molecule has 2 nitrogen and oxygen atoms in total. The maximum atomic E-state index is 10.6. The molecule has 0 aromatic heterocycles. The number of hydrogen-bond donors (Lipinski definition) is 1. The van der Waals surface area contributed by atoms with Crippen LogP contribution in [0.4, 0.5) is 11.4 Å². The molecule has 0 saturated heterocycles. The van der Waals surface area contributed by atoms with Gasteiger partial charge in [0.05, 0.1) is 15.7 Å². The zero-order chi connectivity index (χ0) is 13.0. The van der Waals surface area contributed by atoms with Crippen molar-refractivity contribution in [3.63, 3.8) is 0 Å². The molecule has 2 aromatic rings. The van der Waals surface area contributed by atoms with E-state index in [2.05, 4.69) is 5.32 Å². The molecule has 0 unspecified atom stereocenters. The van der Waals surface area contributed by atoms with Gasteiger partial charge in [0.15, 0.2) is 0 Å². The number of para-hydroxylation sites is 2. The molecular formula is C14H11Cl2NO. The Morgan fingerprint density at radius 2 is 1.67 bits per heavy atom. The first-order valence-corrected chi connectivity index (χ1v) is 6.20. The molecule has 0 spiro atoms. The maximum Gasteiger partial charge on any atom is 0.124 e. The minimum Gasteiger partial charge on any atom is -0.353 e. The lowest BCUT2D eigenvalue weighted by Crippen LogP contribution is -1.97. The lowest BCUT2D eigenvalue weighted by Gasteiger charge is -2.13. The highest BCUT2D eigenvalue weighted by Gasteiger charge is 2.07. The normalized spacial score (nSPS) is 10.1. The number of nitrogens with one attached hydrogen (secondary N) is 1. The van der Waals surface area contributed by atoms with Crippen molar-refractivity contribution in [2.75, 3.05) is 5.32 Å². The molecule has 0 heterocycles. The van der Waals surface area contributed by atoms with Gasteiger partial charge in [0.25, 0.3) is 0 Å². The van der Waals surface area contributed by atoms with Crippen molar-refractivity contribution < 1.29 is 4.79 Å². The van der Waals surface area contributed by atoms with Crippen LogP contribution in [0.25, 0.3) is 0 Å². The molecule has 0 radical (unpaired) electrons. The third-order valence-corrected chi connectivity index (χ3v) is 3.17. The smallest absolute Gasteiger partial charge is 0.124 e. The Bertz CT molecular complexity index is 549. The van der Waals surface area contributed by atoms with Gasteiger partial charge in [-0.25, -0.2) is 0 Å². The fourth-order valence-electron chi connectivity index (χ4n) is 1.66. The van der Waals surface area contributed by atoms with Crippen LogP contribution >= 0.6 is 23.2 Å². The second kappa shape index (κ2) is 5.89. The summed E-state index contributed by atoms with van der Waals surface area (Å²) in [5, 5.41) is 4.26. The van der Waals surface area contributed by atoms with Gasteiger partial charge in [0, 0.05) is 12.1 Å². The van der Waals surface area contributed by atoms with Crippen molar-refractivity contribution in [3.05, 3.63) is 58.1 Å². The van der Waals surface area contributed by atoms with Gasteiger partial charge in [-0.05, 0) is 23.8 Å². The van der Waals surface area contributed by atoms with Crippen molar-refractivity contribution in [1.29, 1.82) is 0 Å². The van der Waals surface area contributed by atoms with Crippen molar-refractivity contribution in [3.8, 4) is 0 Å². The van der Waals surface area contributed by atoms with Gasteiger partial charge in [-0.15, -0.1) is 0 Å². The third kappa shape index (κ3) is 2.84. The molecule has 1 N–H and O–H groups in total. The summed E-state index contributed by atoms with van der Waals surface area (Å²) in [7, 11) is 0. The van der Waals surface area contributed by atoms with E-state index in [1.807, 2.05) is 24.3 Å². The molecule has 4 heteroatoms. The van der Waals surface area contributed by atoms with E-state index in [9.17, 15) is 4.79 Å². The summed E-state index contributed by atoms with van der Waals surface area (Å²) < 4.78 is 0. The summed E-state index contributed by atoms with van der Waals surface area (Å²) in [6.07, 6.45) is 1.22. The predicted octanol–water partition coefficient (Wildman–Crippen LogP) is 4.48. The first-order chi connectivity index (χ1) is 8.72. The molecule has 0 fully saturated rings. The van der Waals surface area contributed by atoms with E-state index in [4.69, 9.17) is 23.2 Å². The van der Waals surface area contributed by atoms with Crippen LogP contribution < -0.4 is 5.32 Å². The van der Waals surface area contributed by atoms with E-state index < -0.39 is 0 Å². The van der Waals surface area contributed by atoms with Crippen LogP contribution in [0, 0.1) is 0 Å². The highest BCUT2D eigenvalue weighted by molar-refractivity contribution is 6.39. The maximum absolute atomic E-state index is 10.6. The minimum absolute atomic E-state index is 0.352. The first kappa shape index (κ1) is 12.9. The number of hydrogen-bond acceptors (Lipinski definition) is 2. The summed E-state index contributed by atoms with van der Waals surface area (Å²) in [4.78, 5) is 10.6. The zero-order valence-corrected chi connectivity index (χ0v) is 11.0. The monoisotopic (exact) mass is 279 g/mol. The van der Waals surface area contributed by atoms with Crippen molar-refractivity contribution >= 4 is 40.9 Å². The number of rotatable bonds is 4. The Balaban J connectivity index is 2.37. The van der Waals surface area contributed by atoms with E-state index in [0.29, 0.717) is 22.2 Å². The van der Waals surface area contributed by atoms with Gasteiger partial charge in [0.1, 0.15) is 6.29 Å². The molecule has 0 aliphatic carbocycles. The average molecular weight is 280 g/mol. The van der Waals surface area contributed by atoms with Crippen LogP contribution in [0.2, 0.25) is 10.0 Å². The van der Waals surface area contributed by atoms with Crippen molar-refractivity contribution in [1.82, 2.24) is 0 Å². The third-order valence-electron chi connectivity index (χ3n) is 2.54. The molecule has 0 aliphatic rings. The van der Waals surface area contributed by atoms with E-state index in [-0.39, 0.29) is 0 Å². The number of aldehydes is 1. The van der Waals surface area contributed by atoms with Gasteiger partial charge < -0.3 is 10.1 Å². The standard InChI is InChI=1S/C14H11Cl2NO/c15-11-5-3-6-12(16)14(11)17-13-7-2-1-4-10(13)8-9-18/h1-7,9,17H,8H2. The number of halogens is 2. The molecule has 2 aromatic carbocycles. The molecule has 0 atom stereocenters. The first-order valence-electron chi connectivity index (χ1n) is 5.45. The second-order valence-corrected chi connectivity index (χ2v) is 4.56. The van der Waals surface area contributed by atoms with E-state index in [1.165, 1.54) is 0 Å². The Hall–Kier alpha value is -1.51. The quantitative estimate of drug-likeness (QED) is 0.837. The van der Waals surface area contributed by atoms with Crippen LogP contribution in [-0.4, -0.2) is 6.29 Å². The Morgan fingerprint density at radius 1 is 1.00 bits per heavy atom. The molecule has 0 saturated carbocycles. The molecule has 2 rings (SSSR count). The molecular weight excluding hydrogens is 269 g/mol. The Morgan fingerprint density at radius 3 is 2.33 bits per heavy atom. The number of benzene rings is 2. The summed E-state index contributed by atoms with van der Waals surface area (Å²) >= 11 is 12.2. The highest BCUT2D eigenvalue weighted by atomic mass is 35.5. The largest absolute Gasteiger partial charge is 0.353 e. The van der Waals surface area contributed by atoms with Gasteiger partial charge in [0.2, 0.25) is 0 Å². The van der Waals surface area contributed by atoms with E-state index in [0.717, 1.165) is 17.5 Å². The second-order valence-electron chi connectivity index (χ2n) is 3.75. The van der Waals surface area contributed by atoms with E-state index in [1.54, 1.807) is 18.2 Å². The average Bonchev–Trinajstić information content (AvgIpc) is 2.36.